The number of aryl methyl sites for hydroxylation is 1. The Morgan fingerprint density at radius 3 is 2.70 bits per heavy atom. The van der Waals surface area contributed by atoms with Crippen molar-refractivity contribution in [2.45, 2.75) is 46.1 Å². The van der Waals surface area contributed by atoms with Crippen LogP contribution in [0, 0.1) is 12.8 Å². The lowest BCUT2D eigenvalue weighted by Crippen LogP contribution is -2.46. The third-order valence-electron chi connectivity index (χ3n) is 4.45. The van der Waals surface area contributed by atoms with Crippen LogP contribution in [0.3, 0.4) is 0 Å². The molecule has 150 valence electrons. The maximum absolute atomic E-state index is 12.6. The number of amides is 3. The highest BCUT2D eigenvalue weighted by molar-refractivity contribution is 9.10. The molecule has 0 aromatic heterocycles. The van der Waals surface area contributed by atoms with E-state index in [0.29, 0.717) is 13.1 Å². The van der Waals surface area contributed by atoms with Crippen LogP contribution in [0.2, 0.25) is 0 Å². The zero-order valence-corrected chi connectivity index (χ0v) is 18.4. The smallest absolute Gasteiger partial charge is 0.410 e. The quantitative estimate of drug-likeness (QED) is 0.730. The maximum atomic E-state index is 12.6. The minimum Gasteiger partial charge on any atom is -0.444 e. The van der Waals surface area contributed by atoms with Crippen LogP contribution in [0.1, 0.15) is 39.2 Å². The molecule has 1 aromatic carbocycles. The van der Waals surface area contributed by atoms with Crippen LogP contribution < -0.4 is 5.32 Å². The second kappa shape index (κ2) is 8.95. The van der Waals surface area contributed by atoms with Crippen molar-refractivity contribution in [1.82, 2.24) is 9.80 Å². The van der Waals surface area contributed by atoms with E-state index in [-0.39, 0.29) is 18.0 Å². The van der Waals surface area contributed by atoms with Gasteiger partial charge in [-0.05, 0) is 70.2 Å². The molecule has 2 rings (SSSR count). The molecule has 0 bridgehead atoms. The number of nitrogens with one attached hydrogen (secondary N) is 1. The van der Waals surface area contributed by atoms with Gasteiger partial charge in [0, 0.05) is 36.8 Å². The molecular formula is C20H30BrN3O3. The van der Waals surface area contributed by atoms with Crippen LogP contribution in [0.25, 0.3) is 0 Å². The van der Waals surface area contributed by atoms with Crippen LogP contribution in [-0.4, -0.2) is 54.2 Å². The largest absolute Gasteiger partial charge is 0.444 e. The van der Waals surface area contributed by atoms with Gasteiger partial charge in [0.25, 0.3) is 0 Å². The number of urea groups is 1. The van der Waals surface area contributed by atoms with Crippen molar-refractivity contribution in [3.8, 4) is 0 Å². The van der Waals surface area contributed by atoms with Gasteiger partial charge in [-0.15, -0.1) is 0 Å². The average molecular weight is 440 g/mol. The van der Waals surface area contributed by atoms with E-state index in [1.807, 2.05) is 50.8 Å². The van der Waals surface area contributed by atoms with E-state index in [2.05, 4.69) is 21.2 Å². The molecule has 6 nitrogen and oxygen atoms in total. The Labute approximate surface area is 170 Å². The molecule has 3 amide bonds. The van der Waals surface area contributed by atoms with Gasteiger partial charge in [0.1, 0.15) is 5.60 Å². The fourth-order valence-electron chi connectivity index (χ4n) is 3.13. The normalized spacial score (nSPS) is 17.4. The second-order valence-electron chi connectivity index (χ2n) is 8.21. The Hall–Kier alpha value is -1.76. The first-order valence-electron chi connectivity index (χ1n) is 9.31. The summed E-state index contributed by atoms with van der Waals surface area (Å²) in [7, 11) is 1.75. The number of hydrogen-bond donors (Lipinski definition) is 1. The number of carbonyl (C=O) groups excluding carboxylic acids is 2. The van der Waals surface area contributed by atoms with Crippen molar-refractivity contribution in [3.63, 3.8) is 0 Å². The summed E-state index contributed by atoms with van der Waals surface area (Å²) in [5.41, 5.74) is 1.35. The minimum atomic E-state index is -0.507. The number of hydrogen-bond acceptors (Lipinski definition) is 3. The summed E-state index contributed by atoms with van der Waals surface area (Å²) in [5, 5.41) is 2.97. The van der Waals surface area contributed by atoms with Gasteiger partial charge >= 0.3 is 12.1 Å². The molecule has 1 saturated heterocycles. The molecule has 1 aliphatic heterocycles. The Balaban J connectivity index is 1.89. The van der Waals surface area contributed by atoms with Crippen LogP contribution >= 0.6 is 15.9 Å². The molecule has 1 atom stereocenters. The summed E-state index contributed by atoms with van der Waals surface area (Å²) in [6, 6.07) is 5.66. The first-order valence-corrected chi connectivity index (χ1v) is 10.1. The van der Waals surface area contributed by atoms with Crippen LogP contribution in [-0.2, 0) is 4.74 Å². The van der Waals surface area contributed by atoms with Crippen molar-refractivity contribution >= 4 is 33.7 Å². The predicted molar refractivity (Wildman–Crippen MR) is 111 cm³/mol. The number of halogens is 1. The molecule has 1 fully saturated rings. The van der Waals surface area contributed by atoms with Gasteiger partial charge in [0.2, 0.25) is 0 Å². The molecule has 27 heavy (non-hydrogen) atoms. The molecule has 0 unspecified atom stereocenters. The lowest BCUT2D eigenvalue weighted by Gasteiger charge is -2.35. The fourth-order valence-corrected chi connectivity index (χ4v) is 3.37. The van der Waals surface area contributed by atoms with Gasteiger partial charge in [0.05, 0.1) is 0 Å². The van der Waals surface area contributed by atoms with Crippen molar-refractivity contribution in [2.24, 2.45) is 5.92 Å². The maximum Gasteiger partial charge on any atom is 0.410 e. The minimum absolute atomic E-state index is 0.0960. The Morgan fingerprint density at radius 1 is 1.37 bits per heavy atom. The molecule has 7 heteroatoms. The summed E-state index contributed by atoms with van der Waals surface area (Å²) in [5.74, 6) is 0.244. The number of likely N-dealkylation sites (tertiary alicyclic amines) is 1. The summed E-state index contributed by atoms with van der Waals surface area (Å²) >= 11 is 3.47. The first-order chi connectivity index (χ1) is 12.5. The highest BCUT2D eigenvalue weighted by Gasteiger charge is 2.27. The summed E-state index contributed by atoms with van der Waals surface area (Å²) < 4.78 is 6.42. The predicted octanol–water partition coefficient (Wildman–Crippen LogP) is 4.87. The molecule has 0 aliphatic carbocycles. The van der Waals surface area contributed by atoms with E-state index in [1.54, 1.807) is 11.9 Å². The van der Waals surface area contributed by atoms with Crippen LogP contribution in [0.5, 0.6) is 0 Å². The molecule has 0 saturated carbocycles. The number of anilines is 1. The number of carbonyl (C=O) groups is 2. The van der Waals surface area contributed by atoms with E-state index >= 15 is 0 Å². The van der Waals surface area contributed by atoms with Crippen molar-refractivity contribution in [1.29, 1.82) is 0 Å². The third kappa shape index (κ3) is 6.72. The van der Waals surface area contributed by atoms with Gasteiger partial charge in [0.15, 0.2) is 0 Å². The van der Waals surface area contributed by atoms with Crippen molar-refractivity contribution < 1.29 is 14.3 Å². The molecule has 1 heterocycles. The lowest BCUT2D eigenvalue weighted by molar-refractivity contribution is 0.0253. The molecule has 1 N–H and O–H groups in total. The first kappa shape index (κ1) is 21.5. The van der Waals surface area contributed by atoms with E-state index in [4.69, 9.17) is 4.74 Å². The Morgan fingerprint density at radius 2 is 2.07 bits per heavy atom. The van der Waals surface area contributed by atoms with Gasteiger partial charge < -0.3 is 19.9 Å². The van der Waals surface area contributed by atoms with Gasteiger partial charge in [-0.2, -0.15) is 0 Å². The number of ether oxygens (including phenoxy) is 1. The zero-order chi connectivity index (χ0) is 20.2. The number of rotatable bonds is 3. The van der Waals surface area contributed by atoms with Gasteiger partial charge in [-0.1, -0.05) is 15.9 Å². The molecular weight excluding hydrogens is 410 g/mol. The fraction of sp³-hybridized carbons (Fsp3) is 0.600. The topological polar surface area (TPSA) is 61.9 Å². The average Bonchev–Trinajstić information content (AvgIpc) is 2.57. The molecule has 1 aromatic rings. The van der Waals surface area contributed by atoms with E-state index in [9.17, 15) is 9.59 Å². The molecule has 1 aliphatic rings. The number of nitrogens with zero attached hydrogens (tertiary/aromatic N) is 2. The van der Waals surface area contributed by atoms with E-state index < -0.39 is 5.60 Å². The van der Waals surface area contributed by atoms with E-state index in [1.165, 1.54) is 0 Å². The molecule has 0 radical (unpaired) electrons. The zero-order valence-electron chi connectivity index (χ0n) is 16.8. The van der Waals surface area contributed by atoms with Crippen molar-refractivity contribution in [2.75, 3.05) is 32.0 Å². The Kier molecular flexibility index (Phi) is 7.14. The van der Waals surface area contributed by atoms with Crippen LogP contribution in [0.15, 0.2) is 22.7 Å². The monoisotopic (exact) mass is 439 g/mol. The van der Waals surface area contributed by atoms with E-state index in [0.717, 1.165) is 35.1 Å². The lowest BCUT2D eigenvalue weighted by atomic mass is 9.98. The standard InChI is InChI=1S/C20H30BrN3O3/c1-14-11-16(8-9-17(14)21)22-18(25)24-10-6-7-15(13-24)12-23(5)19(26)27-20(2,3)4/h8-9,11,15H,6-7,10,12-13H2,1-5H3,(H,22,25)/t15-/m0/s1. The van der Waals surface area contributed by atoms with Crippen LogP contribution in [0.4, 0.5) is 15.3 Å². The summed E-state index contributed by atoms with van der Waals surface area (Å²) in [6.07, 6.45) is 1.60. The molecule has 0 spiro atoms. The highest BCUT2D eigenvalue weighted by atomic mass is 79.9. The summed E-state index contributed by atoms with van der Waals surface area (Å²) in [4.78, 5) is 28.2. The third-order valence-corrected chi connectivity index (χ3v) is 5.34. The number of piperidine rings is 1. The van der Waals surface area contributed by atoms with Crippen molar-refractivity contribution in [3.05, 3.63) is 28.2 Å². The highest BCUT2D eigenvalue weighted by Crippen LogP contribution is 2.22. The van der Waals surface area contributed by atoms with Gasteiger partial charge in [-0.3, -0.25) is 0 Å². The van der Waals surface area contributed by atoms with Gasteiger partial charge in [-0.25, -0.2) is 9.59 Å². The Bertz CT molecular complexity index is 688. The second-order valence-corrected chi connectivity index (χ2v) is 9.06. The number of benzene rings is 1. The summed E-state index contributed by atoms with van der Waals surface area (Å²) in [6.45, 7) is 9.50. The SMILES string of the molecule is Cc1cc(NC(=O)N2CCC[C@@H](CN(C)C(=O)OC(C)(C)C)C2)ccc1Br.